The Labute approximate surface area is 118 Å². The van der Waals surface area contributed by atoms with Crippen LogP contribution in [0.15, 0.2) is 40.6 Å². The molecule has 0 spiro atoms. The molecule has 0 aliphatic carbocycles. The molecule has 1 nitrogen and oxygen atoms in total. The lowest BCUT2D eigenvalue weighted by Gasteiger charge is -2.15. The third-order valence-electron chi connectivity index (χ3n) is 2.97. The van der Waals surface area contributed by atoms with Crippen molar-refractivity contribution in [2.24, 2.45) is 0 Å². The minimum atomic E-state index is 0.440. The highest BCUT2D eigenvalue weighted by Crippen LogP contribution is 2.29. The highest BCUT2D eigenvalue weighted by atomic mass is 32.2. The number of hydrogen-bond acceptors (Lipinski definition) is 3. The minimum absolute atomic E-state index is 0.440. The zero-order valence-corrected chi connectivity index (χ0v) is 12.7. The van der Waals surface area contributed by atoms with Crippen molar-refractivity contribution in [3.05, 3.63) is 51.7 Å². The van der Waals surface area contributed by atoms with Gasteiger partial charge in [-0.1, -0.05) is 17.7 Å². The molecule has 1 unspecified atom stereocenters. The summed E-state index contributed by atoms with van der Waals surface area (Å²) in [4.78, 5) is 2.81. The Bertz CT molecular complexity index is 505. The maximum absolute atomic E-state index is 3.42. The van der Waals surface area contributed by atoms with Crippen LogP contribution in [0.5, 0.6) is 0 Å². The Morgan fingerprint density at radius 1 is 1.28 bits per heavy atom. The predicted molar refractivity (Wildman–Crippen MR) is 82.8 cm³/mol. The second kappa shape index (κ2) is 6.41. The van der Waals surface area contributed by atoms with E-state index < -0.39 is 0 Å². The summed E-state index contributed by atoms with van der Waals surface area (Å²) in [7, 11) is 2.04. The fourth-order valence-electron chi connectivity index (χ4n) is 1.92. The maximum atomic E-state index is 3.42. The second-order valence-electron chi connectivity index (χ2n) is 4.44. The van der Waals surface area contributed by atoms with Gasteiger partial charge in [-0.15, -0.1) is 23.1 Å². The molecule has 1 N–H and O–H groups in total. The topological polar surface area (TPSA) is 12.0 Å². The number of benzene rings is 1. The smallest absolute Gasteiger partial charge is 0.0510 e. The molecule has 3 heteroatoms. The van der Waals surface area contributed by atoms with Gasteiger partial charge >= 0.3 is 0 Å². The van der Waals surface area contributed by atoms with Gasteiger partial charge in [-0.2, -0.15) is 0 Å². The molecular weight excluding hydrogens is 258 g/mol. The molecule has 1 heterocycles. The Morgan fingerprint density at radius 3 is 2.72 bits per heavy atom. The van der Waals surface area contributed by atoms with Gasteiger partial charge in [0, 0.05) is 15.5 Å². The van der Waals surface area contributed by atoms with Crippen LogP contribution in [0.4, 0.5) is 0 Å². The molecule has 0 aliphatic heterocycles. The molecule has 1 aromatic carbocycles. The first-order chi connectivity index (χ1) is 8.70. The van der Waals surface area contributed by atoms with Gasteiger partial charge in [0.05, 0.1) is 6.04 Å². The van der Waals surface area contributed by atoms with Gasteiger partial charge in [0.2, 0.25) is 0 Å². The number of rotatable bonds is 5. The Balaban J connectivity index is 2.02. The zero-order chi connectivity index (χ0) is 13.0. The summed E-state index contributed by atoms with van der Waals surface area (Å²) >= 11 is 3.76. The first-order valence-corrected chi connectivity index (χ1v) is 7.98. The van der Waals surface area contributed by atoms with Crippen LogP contribution in [0.3, 0.4) is 0 Å². The van der Waals surface area contributed by atoms with Crippen LogP contribution >= 0.6 is 23.1 Å². The highest BCUT2D eigenvalue weighted by Gasteiger charge is 2.13. The Hall–Kier alpha value is -0.770. The predicted octanol–water partition coefficient (Wildman–Crippen LogP) is 4.42. The lowest BCUT2D eigenvalue weighted by molar-refractivity contribution is 0.670. The van der Waals surface area contributed by atoms with E-state index in [0.29, 0.717) is 6.04 Å². The van der Waals surface area contributed by atoms with Gasteiger partial charge in [0.1, 0.15) is 0 Å². The van der Waals surface area contributed by atoms with Crippen molar-refractivity contribution in [1.82, 2.24) is 5.32 Å². The molecule has 0 amide bonds. The van der Waals surface area contributed by atoms with Crippen LogP contribution in [-0.2, 0) is 0 Å². The zero-order valence-electron chi connectivity index (χ0n) is 11.1. The van der Waals surface area contributed by atoms with Gasteiger partial charge in [-0.3, -0.25) is 0 Å². The van der Waals surface area contributed by atoms with E-state index in [9.17, 15) is 0 Å². The molecule has 0 fully saturated rings. The van der Waals surface area contributed by atoms with E-state index in [-0.39, 0.29) is 0 Å². The van der Waals surface area contributed by atoms with Gasteiger partial charge in [0.15, 0.2) is 0 Å². The Morgan fingerprint density at radius 2 is 2.11 bits per heavy atom. The standard InChI is InChI=1S/C15H19NS2/c1-11-5-4-6-13(9-11)18-10-14(16-3)15-12(2)7-8-17-15/h4-9,14,16H,10H2,1-3H3. The summed E-state index contributed by atoms with van der Waals surface area (Å²) in [5, 5.41) is 5.59. The fraction of sp³-hybridized carbons (Fsp3) is 0.333. The van der Waals surface area contributed by atoms with Crippen LogP contribution in [0, 0.1) is 13.8 Å². The molecule has 0 radical (unpaired) electrons. The average molecular weight is 277 g/mol. The molecule has 0 aliphatic rings. The molecule has 1 atom stereocenters. The molecule has 1 aromatic heterocycles. The van der Waals surface area contributed by atoms with Crippen LogP contribution in [0.2, 0.25) is 0 Å². The molecule has 96 valence electrons. The third kappa shape index (κ3) is 3.37. The first-order valence-electron chi connectivity index (χ1n) is 6.11. The fourth-order valence-corrected chi connectivity index (χ4v) is 4.20. The van der Waals surface area contributed by atoms with Crippen molar-refractivity contribution in [2.45, 2.75) is 24.8 Å². The van der Waals surface area contributed by atoms with E-state index in [1.54, 1.807) is 0 Å². The number of aryl methyl sites for hydroxylation is 2. The number of thioether (sulfide) groups is 1. The van der Waals surface area contributed by atoms with Crippen LogP contribution in [0.25, 0.3) is 0 Å². The SMILES string of the molecule is CNC(CSc1cccc(C)c1)c1sccc1C. The number of thiophene rings is 1. The lowest BCUT2D eigenvalue weighted by atomic mass is 10.2. The minimum Gasteiger partial charge on any atom is -0.312 e. The van der Waals surface area contributed by atoms with E-state index >= 15 is 0 Å². The summed E-state index contributed by atoms with van der Waals surface area (Å²) in [6, 6.07) is 11.3. The largest absolute Gasteiger partial charge is 0.312 e. The quantitative estimate of drug-likeness (QED) is 0.812. The van der Waals surface area contributed by atoms with Crippen LogP contribution < -0.4 is 5.32 Å². The average Bonchev–Trinajstić information content (AvgIpc) is 2.77. The summed E-state index contributed by atoms with van der Waals surface area (Å²) in [5.41, 5.74) is 2.72. The first kappa shape index (κ1) is 13.7. The molecule has 0 saturated carbocycles. The van der Waals surface area contributed by atoms with Crippen LogP contribution in [0.1, 0.15) is 22.0 Å². The molecule has 0 bridgehead atoms. The van der Waals surface area contributed by atoms with Crippen molar-refractivity contribution >= 4 is 23.1 Å². The summed E-state index contributed by atoms with van der Waals surface area (Å²) < 4.78 is 0. The van der Waals surface area contributed by atoms with Crippen molar-refractivity contribution in [1.29, 1.82) is 0 Å². The molecular formula is C15H19NS2. The summed E-state index contributed by atoms with van der Waals surface area (Å²) in [5.74, 6) is 1.07. The normalized spacial score (nSPS) is 12.6. The van der Waals surface area contributed by atoms with Crippen molar-refractivity contribution in [3.8, 4) is 0 Å². The second-order valence-corrected chi connectivity index (χ2v) is 6.48. The maximum Gasteiger partial charge on any atom is 0.0510 e. The summed E-state index contributed by atoms with van der Waals surface area (Å²) in [6.45, 7) is 4.33. The third-order valence-corrected chi connectivity index (χ3v) is 5.19. The van der Waals surface area contributed by atoms with E-state index in [1.807, 2.05) is 30.1 Å². The van der Waals surface area contributed by atoms with Crippen molar-refractivity contribution in [3.63, 3.8) is 0 Å². The van der Waals surface area contributed by atoms with Gasteiger partial charge in [-0.05, 0) is 50.0 Å². The van der Waals surface area contributed by atoms with E-state index in [4.69, 9.17) is 0 Å². The molecule has 2 rings (SSSR count). The van der Waals surface area contributed by atoms with Crippen LogP contribution in [-0.4, -0.2) is 12.8 Å². The van der Waals surface area contributed by atoms with E-state index in [1.165, 1.54) is 20.9 Å². The summed E-state index contributed by atoms with van der Waals surface area (Å²) in [6.07, 6.45) is 0. The molecule has 18 heavy (non-hydrogen) atoms. The van der Waals surface area contributed by atoms with Gasteiger partial charge in [0.25, 0.3) is 0 Å². The van der Waals surface area contributed by atoms with Crippen molar-refractivity contribution < 1.29 is 0 Å². The van der Waals surface area contributed by atoms with Gasteiger partial charge < -0.3 is 5.32 Å². The Kier molecular flexibility index (Phi) is 4.87. The van der Waals surface area contributed by atoms with E-state index in [0.717, 1.165) is 5.75 Å². The number of nitrogens with one attached hydrogen (secondary N) is 1. The molecule has 0 saturated heterocycles. The monoisotopic (exact) mass is 277 g/mol. The van der Waals surface area contributed by atoms with Gasteiger partial charge in [-0.25, -0.2) is 0 Å². The lowest BCUT2D eigenvalue weighted by Crippen LogP contribution is -2.18. The number of hydrogen-bond donors (Lipinski definition) is 1. The molecule has 2 aromatic rings. The van der Waals surface area contributed by atoms with Crippen molar-refractivity contribution in [2.75, 3.05) is 12.8 Å². The van der Waals surface area contributed by atoms with E-state index in [2.05, 4.69) is 54.9 Å². The highest BCUT2D eigenvalue weighted by molar-refractivity contribution is 7.99.